The summed E-state index contributed by atoms with van der Waals surface area (Å²) >= 11 is 4.63. The Morgan fingerprint density at radius 1 is 1.19 bits per heavy atom. The van der Waals surface area contributed by atoms with Crippen molar-refractivity contribution in [3.8, 4) is 10.4 Å². The van der Waals surface area contributed by atoms with E-state index in [2.05, 4.69) is 15.9 Å². The number of hydrogen-bond acceptors (Lipinski definition) is 2. The van der Waals surface area contributed by atoms with E-state index in [1.807, 2.05) is 12.1 Å². The van der Waals surface area contributed by atoms with E-state index < -0.39 is 11.7 Å². The van der Waals surface area contributed by atoms with Crippen LogP contribution in [-0.4, -0.2) is 0 Å². The van der Waals surface area contributed by atoms with E-state index >= 15 is 0 Å². The van der Waals surface area contributed by atoms with Gasteiger partial charge in [0.1, 0.15) is 0 Å². The Bertz CT molecular complexity index is 661. The molecule has 3 rings (SSSR count). The predicted molar refractivity (Wildman–Crippen MR) is 82.1 cm³/mol. The van der Waals surface area contributed by atoms with E-state index in [1.165, 1.54) is 17.4 Å². The molecule has 21 heavy (non-hydrogen) atoms. The van der Waals surface area contributed by atoms with Crippen LogP contribution in [0.1, 0.15) is 29.3 Å². The third-order valence-corrected chi connectivity index (χ3v) is 5.29. The number of benzene rings is 1. The average molecular weight is 376 g/mol. The highest BCUT2D eigenvalue weighted by molar-refractivity contribution is 9.10. The molecule has 0 amide bonds. The first-order chi connectivity index (χ1) is 9.84. The Morgan fingerprint density at radius 3 is 2.52 bits per heavy atom. The van der Waals surface area contributed by atoms with Crippen LogP contribution in [0.4, 0.5) is 13.2 Å². The number of thiophene rings is 1. The highest BCUT2D eigenvalue weighted by Crippen LogP contribution is 2.43. The summed E-state index contributed by atoms with van der Waals surface area (Å²) in [5, 5.41) is 0. The van der Waals surface area contributed by atoms with Gasteiger partial charge < -0.3 is 5.73 Å². The standard InChI is InChI=1S/C15H13BrF3NS/c16-11-6-9(5-10(7-11)15(17,18)19)12-3-4-13(21-12)14(20)8-1-2-8/h3-8,14H,1-2,20H2. The molecule has 2 N–H and O–H groups in total. The smallest absolute Gasteiger partial charge is 0.323 e. The van der Waals surface area contributed by atoms with Crippen molar-refractivity contribution in [1.82, 2.24) is 0 Å². The van der Waals surface area contributed by atoms with Crippen molar-refractivity contribution in [3.05, 3.63) is 45.2 Å². The molecular formula is C15H13BrF3NS. The average Bonchev–Trinajstić information content (AvgIpc) is 3.13. The van der Waals surface area contributed by atoms with E-state index in [-0.39, 0.29) is 6.04 Å². The molecule has 1 atom stereocenters. The summed E-state index contributed by atoms with van der Waals surface area (Å²) in [5.41, 5.74) is 6.06. The molecule has 1 aromatic heterocycles. The molecule has 1 aromatic carbocycles. The largest absolute Gasteiger partial charge is 0.416 e. The molecule has 0 spiro atoms. The van der Waals surface area contributed by atoms with Gasteiger partial charge in [-0.1, -0.05) is 15.9 Å². The van der Waals surface area contributed by atoms with Crippen LogP contribution in [0.3, 0.4) is 0 Å². The first-order valence-electron chi connectivity index (χ1n) is 6.58. The van der Waals surface area contributed by atoms with E-state index in [4.69, 9.17) is 5.73 Å². The quantitative estimate of drug-likeness (QED) is 0.741. The molecule has 1 saturated carbocycles. The highest BCUT2D eigenvalue weighted by atomic mass is 79.9. The number of hydrogen-bond donors (Lipinski definition) is 1. The Labute approximate surface area is 133 Å². The van der Waals surface area contributed by atoms with Crippen molar-refractivity contribution in [3.63, 3.8) is 0 Å². The molecule has 112 valence electrons. The molecule has 0 aliphatic heterocycles. The van der Waals surface area contributed by atoms with E-state index in [9.17, 15) is 13.2 Å². The van der Waals surface area contributed by atoms with Crippen molar-refractivity contribution in [2.45, 2.75) is 25.1 Å². The Balaban J connectivity index is 1.94. The highest BCUT2D eigenvalue weighted by Gasteiger charge is 2.32. The lowest BCUT2D eigenvalue weighted by molar-refractivity contribution is -0.137. The molecule has 1 unspecified atom stereocenters. The van der Waals surface area contributed by atoms with Gasteiger partial charge in [-0.05, 0) is 54.7 Å². The van der Waals surface area contributed by atoms with Crippen LogP contribution in [0, 0.1) is 5.92 Å². The predicted octanol–water partition coefficient (Wildman–Crippen LogP) is 5.61. The zero-order valence-corrected chi connectivity index (χ0v) is 13.4. The van der Waals surface area contributed by atoms with Gasteiger partial charge in [0, 0.05) is 20.3 Å². The van der Waals surface area contributed by atoms with Crippen LogP contribution in [-0.2, 0) is 6.18 Å². The van der Waals surface area contributed by atoms with Crippen LogP contribution in [0.2, 0.25) is 0 Å². The van der Waals surface area contributed by atoms with Crippen molar-refractivity contribution in [2.24, 2.45) is 11.7 Å². The first-order valence-corrected chi connectivity index (χ1v) is 8.19. The molecule has 1 aliphatic carbocycles. The number of alkyl halides is 3. The van der Waals surface area contributed by atoms with Crippen LogP contribution >= 0.6 is 27.3 Å². The molecule has 2 aromatic rings. The number of halogens is 4. The minimum absolute atomic E-state index is 0.0120. The van der Waals surface area contributed by atoms with Crippen LogP contribution < -0.4 is 5.73 Å². The van der Waals surface area contributed by atoms with Crippen molar-refractivity contribution >= 4 is 27.3 Å². The summed E-state index contributed by atoms with van der Waals surface area (Å²) < 4.78 is 39.0. The van der Waals surface area contributed by atoms with Crippen LogP contribution in [0.25, 0.3) is 10.4 Å². The number of rotatable bonds is 3. The fraction of sp³-hybridized carbons (Fsp3) is 0.333. The van der Waals surface area contributed by atoms with Gasteiger partial charge in [0.2, 0.25) is 0 Å². The minimum atomic E-state index is -4.34. The second-order valence-electron chi connectivity index (χ2n) is 5.29. The normalized spacial score (nSPS) is 17.0. The Morgan fingerprint density at radius 2 is 1.90 bits per heavy atom. The summed E-state index contributed by atoms with van der Waals surface area (Å²) in [6.45, 7) is 0. The maximum atomic E-state index is 12.9. The fourth-order valence-corrected chi connectivity index (χ4v) is 3.85. The van der Waals surface area contributed by atoms with Gasteiger partial charge in [0.15, 0.2) is 0 Å². The van der Waals surface area contributed by atoms with Crippen LogP contribution in [0.5, 0.6) is 0 Å². The van der Waals surface area contributed by atoms with Gasteiger partial charge in [-0.3, -0.25) is 0 Å². The maximum Gasteiger partial charge on any atom is 0.416 e. The van der Waals surface area contributed by atoms with Gasteiger partial charge in [0.05, 0.1) is 5.56 Å². The molecule has 0 radical (unpaired) electrons. The lowest BCUT2D eigenvalue weighted by atomic mass is 10.1. The van der Waals surface area contributed by atoms with Crippen molar-refractivity contribution < 1.29 is 13.2 Å². The third-order valence-electron chi connectivity index (χ3n) is 3.59. The molecule has 1 nitrogen and oxygen atoms in total. The molecule has 6 heteroatoms. The van der Waals surface area contributed by atoms with E-state index in [0.29, 0.717) is 16.0 Å². The van der Waals surface area contributed by atoms with Gasteiger partial charge in [-0.25, -0.2) is 0 Å². The second kappa shape index (κ2) is 5.41. The maximum absolute atomic E-state index is 12.9. The lowest BCUT2D eigenvalue weighted by Crippen LogP contribution is -2.10. The summed E-state index contributed by atoms with van der Waals surface area (Å²) in [4.78, 5) is 1.86. The Hall–Kier alpha value is -0.850. The first kappa shape index (κ1) is 15.1. The molecule has 0 bridgehead atoms. The molecule has 1 aliphatic rings. The van der Waals surface area contributed by atoms with E-state index in [1.54, 1.807) is 6.07 Å². The van der Waals surface area contributed by atoms with Gasteiger partial charge in [0.25, 0.3) is 0 Å². The van der Waals surface area contributed by atoms with Crippen LogP contribution in [0.15, 0.2) is 34.8 Å². The van der Waals surface area contributed by atoms with E-state index in [0.717, 1.165) is 28.7 Å². The zero-order chi connectivity index (χ0) is 15.2. The summed E-state index contributed by atoms with van der Waals surface area (Å²) in [6.07, 6.45) is -2.06. The summed E-state index contributed by atoms with van der Waals surface area (Å²) in [7, 11) is 0. The molecule has 1 heterocycles. The topological polar surface area (TPSA) is 26.0 Å². The monoisotopic (exact) mass is 375 g/mol. The zero-order valence-electron chi connectivity index (χ0n) is 11.0. The molecular weight excluding hydrogens is 363 g/mol. The summed E-state index contributed by atoms with van der Waals surface area (Å²) in [6, 6.07) is 7.77. The van der Waals surface area contributed by atoms with Crippen molar-refractivity contribution in [2.75, 3.05) is 0 Å². The molecule has 1 fully saturated rings. The van der Waals surface area contributed by atoms with Gasteiger partial charge >= 0.3 is 6.18 Å². The van der Waals surface area contributed by atoms with Gasteiger partial charge in [-0.2, -0.15) is 13.2 Å². The molecule has 0 saturated heterocycles. The second-order valence-corrected chi connectivity index (χ2v) is 7.32. The number of nitrogens with two attached hydrogens (primary N) is 1. The SMILES string of the molecule is NC(c1ccc(-c2cc(Br)cc(C(F)(F)F)c2)s1)C1CC1. The van der Waals surface area contributed by atoms with Gasteiger partial charge in [-0.15, -0.1) is 11.3 Å². The third kappa shape index (κ3) is 3.33. The minimum Gasteiger partial charge on any atom is -0.323 e. The Kier molecular flexibility index (Phi) is 3.88. The fourth-order valence-electron chi connectivity index (χ4n) is 2.27. The van der Waals surface area contributed by atoms with Crippen molar-refractivity contribution in [1.29, 1.82) is 0 Å². The summed E-state index contributed by atoms with van der Waals surface area (Å²) in [5.74, 6) is 0.532. The lowest BCUT2D eigenvalue weighted by Gasteiger charge is -2.09.